The average molecular weight is 529 g/mol. The topological polar surface area (TPSA) is 78.3 Å². The van der Waals surface area contributed by atoms with Gasteiger partial charge < -0.3 is 14.8 Å². The molecule has 1 aromatic heterocycles. The first-order valence-electron chi connectivity index (χ1n) is 10.7. The Morgan fingerprint density at radius 3 is 2.73 bits per heavy atom. The fraction of sp³-hybridized carbons (Fsp3) is 0.292. The lowest BCUT2D eigenvalue weighted by Gasteiger charge is -2.29. The molecule has 2 aromatic carbocycles. The minimum atomic E-state index is -0.553. The standard InChI is InChI=1S/C24H25BrN4O3S/c1-4-31-22(30)20-15(3)26-23-27-24(33-5-2)28-29(23)21(20)18-13-17(25)11-12-19(18)32-14-16-9-7-6-8-10-16/h6-13,21H,4-5,14H2,1-3H3,(H,26,27,28). The monoisotopic (exact) mass is 528 g/mol. The zero-order valence-electron chi connectivity index (χ0n) is 18.7. The van der Waals surface area contributed by atoms with Gasteiger partial charge >= 0.3 is 5.97 Å². The van der Waals surface area contributed by atoms with E-state index in [0.29, 0.717) is 34.7 Å². The van der Waals surface area contributed by atoms with E-state index in [1.807, 2.05) is 62.4 Å². The molecule has 0 amide bonds. The van der Waals surface area contributed by atoms with Gasteiger partial charge in [0.2, 0.25) is 11.1 Å². The number of carbonyl (C=O) groups is 1. The molecule has 4 rings (SSSR count). The van der Waals surface area contributed by atoms with Gasteiger partial charge in [-0.3, -0.25) is 0 Å². The van der Waals surface area contributed by atoms with Crippen molar-refractivity contribution in [1.82, 2.24) is 14.8 Å². The second-order valence-electron chi connectivity index (χ2n) is 7.34. The first kappa shape index (κ1) is 23.4. The summed E-state index contributed by atoms with van der Waals surface area (Å²) in [6, 6.07) is 15.2. The number of allylic oxidation sites excluding steroid dienone is 1. The highest BCUT2D eigenvalue weighted by Crippen LogP contribution is 2.41. The second kappa shape index (κ2) is 10.4. The van der Waals surface area contributed by atoms with E-state index in [-0.39, 0.29) is 6.61 Å². The van der Waals surface area contributed by atoms with Crippen LogP contribution >= 0.6 is 27.7 Å². The number of ether oxygens (including phenoxy) is 2. The molecular formula is C24H25BrN4O3S. The normalized spacial score (nSPS) is 15.1. The van der Waals surface area contributed by atoms with Crippen LogP contribution in [-0.2, 0) is 16.1 Å². The number of nitrogens with zero attached hydrogens (tertiary/aromatic N) is 3. The number of esters is 1. The molecule has 1 N–H and O–H groups in total. The Labute approximate surface area is 205 Å². The zero-order valence-corrected chi connectivity index (χ0v) is 21.1. The van der Waals surface area contributed by atoms with Gasteiger partial charge in [0.05, 0.1) is 12.2 Å². The van der Waals surface area contributed by atoms with Gasteiger partial charge in [-0.1, -0.05) is 64.9 Å². The van der Waals surface area contributed by atoms with E-state index < -0.39 is 12.0 Å². The van der Waals surface area contributed by atoms with Crippen molar-refractivity contribution in [2.75, 3.05) is 17.7 Å². The van der Waals surface area contributed by atoms with Crippen molar-refractivity contribution >= 4 is 39.6 Å². The average Bonchev–Trinajstić information content (AvgIpc) is 3.20. The molecule has 1 aliphatic rings. The quantitative estimate of drug-likeness (QED) is 0.301. The molecule has 0 bridgehead atoms. The summed E-state index contributed by atoms with van der Waals surface area (Å²) >= 11 is 5.12. The van der Waals surface area contributed by atoms with E-state index in [4.69, 9.17) is 14.6 Å². The number of thioether (sulfide) groups is 1. The first-order valence-corrected chi connectivity index (χ1v) is 12.5. The summed E-state index contributed by atoms with van der Waals surface area (Å²) in [6.07, 6.45) is 0. The van der Waals surface area contributed by atoms with Crippen LogP contribution in [0.15, 0.2) is 69.4 Å². The first-order chi connectivity index (χ1) is 16.0. The molecule has 0 fully saturated rings. The van der Waals surface area contributed by atoms with Gasteiger partial charge in [0.15, 0.2) is 0 Å². The molecule has 9 heteroatoms. The van der Waals surface area contributed by atoms with Gasteiger partial charge in [-0.15, -0.1) is 5.10 Å². The number of carbonyl (C=O) groups excluding carboxylic acids is 1. The van der Waals surface area contributed by atoms with E-state index in [9.17, 15) is 4.79 Å². The minimum Gasteiger partial charge on any atom is -0.489 e. The van der Waals surface area contributed by atoms with Crippen LogP contribution in [0.4, 0.5) is 5.95 Å². The summed E-state index contributed by atoms with van der Waals surface area (Å²) in [4.78, 5) is 17.7. The summed E-state index contributed by atoms with van der Waals surface area (Å²) in [6.45, 7) is 6.38. The van der Waals surface area contributed by atoms with Crippen molar-refractivity contribution < 1.29 is 14.3 Å². The number of aromatic nitrogens is 3. The van der Waals surface area contributed by atoms with Crippen LogP contribution in [0.2, 0.25) is 0 Å². The molecular weight excluding hydrogens is 504 g/mol. The highest BCUT2D eigenvalue weighted by Gasteiger charge is 2.37. The maximum atomic E-state index is 13.1. The number of anilines is 1. The van der Waals surface area contributed by atoms with Crippen LogP contribution < -0.4 is 10.1 Å². The van der Waals surface area contributed by atoms with Crippen LogP contribution in [0.1, 0.15) is 37.9 Å². The third-order valence-corrected chi connectivity index (χ3v) is 6.32. The summed E-state index contributed by atoms with van der Waals surface area (Å²) in [5.41, 5.74) is 3.01. The van der Waals surface area contributed by atoms with Crippen LogP contribution in [0.5, 0.6) is 5.75 Å². The van der Waals surface area contributed by atoms with Gasteiger partial charge in [-0.25, -0.2) is 9.48 Å². The van der Waals surface area contributed by atoms with Crippen LogP contribution in [0.25, 0.3) is 0 Å². The number of rotatable bonds is 8. The van der Waals surface area contributed by atoms with Gasteiger partial charge in [-0.2, -0.15) is 4.98 Å². The third-order valence-electron chi connectivity index (χ3n) is 5.11. The Morgan fingerprint density at radius 1 is 1.21 bits per heavy atom. The molecule has 2 heterocycles. The van der Waals surface area contributed by atoms with E-state index >= 15 is 0 Å². The smallest absolute Gasteiger partial charge is 0.338 e. The van der Waals surface area contributed by atoms with E-state index in [0.717, 1.165) is 21.4 Å². The molecule has 172 valence electrons. The maximum absolute atomic E-state index is 13.1. The predicted octanol–water partition coefficient (Wildman–Crippen LogP) is 5.58. The fourth-order valence-electron chi connectivity index (χ4n) is 3.68. The van der Waals surface area contributed by atoms with Crippen molar-refractivity contribution in [2.24, 2.45) is 0 Å². The lowest BCUT2D eigenvalue weighted by Crippen LogP contribution is -2.30. The largest absolute Gasteiger partial charge is 0.489 e. The molecule has 3 aromatic rings. The van der Waals surface area contributed by atoms with E-state index in [1.54, 1.807) is 23.4 Å². The van der Waals surface area contributed by atoms with Crippen molar-refractivity contribution in [3.05, 3.63) is 75.4 Å². The van der Waals surface area contributed by atoms with Gasteiger partial charge in [-0.05, 0) is 43.4 Å². The van der Waals surface area contributed by atoms with Crippen LogP contribution in [-0.4, -0.2) is 33.1 Å². The maximum Gasteiger partial charge on any atom is 0.338 e. The van der Waals surface area contributed by atoms with Crippen molar-refractivity contribution in [3.63, 3.8) is 0 Å². The second-order valence-corrected chi connectivity index (χ2v) is 9.49. The summed E-state index contributed by atoms with van der Waals surface area (Å²) in [5, 5.41) is 8.57. The number of nitrogens with one attached hydrogen (secondary N) is 1. The lowest BCUT2D eigenvalue weighted by molar-refractivity contribution is -0.139. The number of hydrogen-bond acceptors (Lipinski definition) is 7. The molecule has 1 unspecified atom stereocenters. The summed E-state index contributed by atoms with van der Waals surface area (Å²) in [5.74, 6) is 1.69. The highest BCUT2D eigenvalue weighted by atomic mass is 79.9. The van der Waals surface area contributed by atoms with Gasteiger partial charge in [0, 0.05) is 15.7 Å². The Kier molecular flexibility index (Phi) is 7.39. The molecule has 0 saturated heterocycles. The number of benzene rings is 2. The zero-order chi connectivity index (χ0) is 23.4. The molecule has 1 atom stereocenters. The molecule has 1 aliphatic heterocycles. The Balaban J connectivity index is 1.81. The summed E-state index contributed by atoms with van der Waals surface area (Å²) < 4.78 is 14.3. The number of hydrogen-bond donors (Lipinski definition) is 1. The van der Waals surface area contributed by atoms with Gasteiger partial charge in [0.1, 0.15) is 18.4 Å². The number of fused-ring (bicyclic) bond motifs is 1. The van der Waals surface area contributed by atoms with Crippen molar-refractivity contribution in [2.45, 2.75) is 38.6 Å². The Hall–Kier alpha value is -2.78. The summed E-state index contributed by atoms with van der Waals surface area (Å²) in [7, 11) is 0. The Bertz CT molecular complexity index is 1180. The molecule has 0 saturated carbocycles. The molecule has 0 spiro atoms. The Morgan fingerprint density at radius 2 is 2.00 bits per heavy atom. The minimum absolute atomic E-state index is 0.277. The highest BCUT2D eigenvalue weighted by molar-refractivity contribution is 9.10. The van der Waals surface area contributed by atoms with E-state index in [1.165, 1.54) is 0 Å². The fourth-order valence-corrected chi connectivity index (χ4v) is 4.62. The third kappa shape index (κ3) is 5.09. The molecule has 0 aliphatic carbocycles. The van der Waals surface area contributed by atoms with Gasteiger partial charge in [0.25, 0.3) is 0 Å². The lowest BCUT2D eigenvalue weighted by atomic mass is 9.95. The van der Waals surface area contributed by atoms with Crippen molar-refractivity contribution in [1.29, 1.82) is 0 Å². The molecule has 33 heavy (non-hydrogen) atoms. The van der Waals surface area contributed by atoms with Crippen molar-refractivity contribution in [3.8, 4) is 5.75 Å². The van der Waals surface area contributed by atoms with E-state index in [2.05, 4.69) is 26.2 Å². The molecule has 7 nitrogen and oxygen atoms in total. The predicted molar refractivity (Wildman–Crippen MR) is 132 cm³/mol. The SMILES string of the molecule is CCOC(=O)C1=C(C)Nc2nc(SCC)nn2C1c1cc(Br)ccc1OCc1ccccc1. The number of halogens is 1. The molecule has 0 radical (unpaired) electrons. The van der Waals surface area contributed by atoms with Crippen LogP contribution in [0.3, 0.4) is 0 Å². The van der Waals surface area contributed by atoms with Crippen LogP contribution in [0, 0.1) is 0 Å².